The zero-order chi connectivity index (χ0) is 42.0. The molecule has 318 valence electrons. The number of carbonyl (C=O) groups is 2. The molecule has 56 heavy (non-hydrogen) atoms. The number of ketones is 2. The Kier molecular flexibility index (Phi) is 18.1. The fraction of sp³-hybridized carbons (Fsp3) is 0.538. The monoisotopic (exact) mass is 920 g/mol. The molecule has 2 aromatic rings. The Morgan fingerprint density at radius 2 is 1.20 bits per heavy atom. The second kappa shape index (κ2) is 20.7. The number of benzene rings is 1. The van der Waals surface area contributed by atoms with Gasteiger partial charge in [0.2, 0.25) is 0 Å². The van der Waals surface area contributed by atoms with Crippen molar-refractivity contribution in [1.29, 1.82) is 0 Å². The molecule has 24 nitrogen and oxygen atoms in total. The van der Waals surface area contributed by atoms with Gasteiger partial charge in [0, 0.05) is 57.7 Å². The summed E-state index contributed by atoms with van der Waals surface area (Å²) in [4.78, 5) is 82.6. The predicted molar refractivity (Wildman–Crippen MR) is 191 cm³/mol. The number of fused-ring (bicyclic) bond motifs is 1. The molecule has 0 radical (unpaired) electrons. The highest BCUT2D eigenvalue weighted by atomic mass is 31.3. The maximum Gasteiger partial charge on any atom is 0.490 e. The lowest BCUT2D eigenvalue weighted by atomic mass is 9.95. The minimum Gasteiger partial charge on any atom is -0.385 e. The first kappa shape index (κ1) is 49.0. The SMILES string of the molecule is COCCCCCCCC(=O)C1Cn2cccc2C(c2ccc(C(=O)CCOP(=O)(O)OP(=O)(O)OP(=O)(O)OP(=O)(O)OP(=O)(O)OP(=O)(O)OC)cc2)N1. The number of unbranched alkanes of at least 4 members (excludes halogenated alkanes) is 4. The summed E-state index contributed by atoms with van der Waals surface area (Å²) in [6.45, 7) is 0.252. The number of carbonyl (C=O) groups excluding carboxylic acids is 2. The van der Waals surface area contributed by atoms with E-state index < -0.39 is 71.8 Å². The summed E-state index contributed by atoms with van der Waals surface area (Å²) in [5, 5.41) is 3.40. The topological polar surface area (TPSA) is 349 Å². The largest absolute Gasteiger partial charge is 0.490 e. The molecule has 1 aromatic heterocycles. The highest BCUT2D eigenvalue weighted by Crippen LogP contribution is 2.75. The van der Waals surface area contributed by atoms with E-state index in [4.69, 9.17) is 9.63 Å². The number of nitrogens with one attached hydrogen (secondary N) is 1. The van der Waals surface area contributed by atoms with Crippen molar-refractivity contribution in [1.82, 2.24) is 9.88 Å². The first-order chi connectivity index (χ1) is 25.9. The van der Waals surface area contributed by atoms with Crippen molar-refractivity contribution in [2.24, 2.45) is 0 Å². The number of hydrogen-bond donors (Lipinski definition) is 7. The van der Waals surface area contributed by atoms with Gasteiger partial charge in [-0.2, -0.15) is 21.6 Å². The van der Waals surface area contributed by atoms with Gasteiger partial charge in [0.1, 0.15) is 0 Å². The Bertz CT molecular complexity index is 1960. The molecular formula is C26H42N2O22P6. The van der Waals surface area contributed by atoms with Crippen LogP contribution in [0.2, 0.25) is 0 Å². The van der Waals surface area contributed by atoms with E-state index in [1.165, 1.54) is 12.1 Å². The van der Waals surface area contributed by atoms with E-state index in [-0.39, 0.29) is 17.4 Å². The number of phosphoric acid groups is 6. The van der Waals surface area contributed by atoms with Crippen molar-refractivity contribution >= 4 is 58.5 Å². The number of Topliss-reactive ketones (excluding diaryl/α,β-unsaturated/α-hetero) is 2. The van der Waals surface area contributed by atoms with E-state index in [9.17, 15) is 61.4 Å². The van der Waals surface area contributed by atoms with E-state index >= 15 is 0 Å². The summed E-state index contributed by atoms with van der Waals surface area (Å²) in [6, 6.07) is 9.18. The van der Waals surface area contributed by atoms with Gasteiger partial charge in [0.15, 0.2) is 11.6 Å². The van der Waals surface area contributed by atoms with Crippen molar-refractivity contribution in [3.8, 4) is 0 Å². The van der Waals surface area contributed by atoms with Crippen LogP contribution in [0.3, 0.4) is 0 Å². The van der Waals surface area contributed by atoms with E-state index in [1.807, 2.05) is 22.9 Å². The molecule has 0 saturated carbocycles. The molecule has 0 fully saturated rings. The van der Waals surface area contributed by atoms with Crippen LogP contribution < -0.4 is 5.32 Å². The Morgan fingerprint density at radius 1 is 0.679 bits per heavy atom. The molecule has 2 heterocycles. The zero-order valence-corrected chi connectivity index (χ0v) is 35.0. The molecule has 0 bridgehead atoms. The van der Waals surface area contributed by atoms with E-state index in [2.05, 4.69) is 35.9 Å². The summed E-state index contributed by atoms with van der Waals surface area (Å²) in [5.74, 6) is -0.546. The average Bonchev–Trinajstić information content (AvgIpc) is 3.53. The van der Waals surface area contributed by atoms with Crippen molar-refractivity contribution in [3.05, 3.63) is 59.4 Å². The van der Waals surface area contributed by atoms with Crippen molar-refractivity contribution in [2.75, 3.05) is 27.4 Å². The molecule has 0 saturated heterocycles. The maximum atomic E-state index is 13.1. The highest BCUT2D eigenvalue weighted by Gasteiger charge is 2.49. The van der Waals surface area contributed by atoms with Crippen LogP contribution in [0.5, 0.6) is 0 Å². The number of nitrogens with zero attached hydrogens (tertiary/aromatic N) is 1. The van der Waals surface area contributed by atoms with E-state index in [0.29, 0.717) is 26.7 Å². The lowest BCUT2D eigenvalue weighted by molar-refractivity contribution is -0.122. The minimum atomic E-state index is -6.39. The maximum absolute atomic E-state index is 13.1. The molecule has 0 amide bonds. The van der Waals surface area contributed by atoms with Crippen molar-refractivity contribution < 1.29 is 102 Å². The molecule has 8 atom stereocenters. The van der Waals surface area contributed by atoms with Crippen molar-refractivity contribution in [3.63, 3.8) is 0 Å². The van der Waals surface area contributed by atoms with Gasteiger partial charge in [-0.05, 0) is 30.5 Å². The van der Waals surface area contributed by atoms with Crippen LogP contribution in [0.1, 0.15) is 72.6 Å². The number of rotatable bonds is 26. The third kappa shape index (κ3) is 16.7. The van der Waals surface area contributed by atoms with Gasteiger partial charge in [-0.25, -0.2) is 27.4 Å². The second-order valence-electron chi connectivity index (χ2n) is 11.7. The molecule has 8 unspecified atom stereocenters. The summed E-state index contributed by atoms with van der Waals surface area (Å²) >= 11 is 0. The smallest absolute Gasteiger partial charge is 0.385 e. The van der Waals surface area contributed by atoms with Gasteiger partial charge in [-0.3, -0.25) is 24.0 Å². The fourth-order valence-electron chi connectivity index (χ4n) is 5.13. The number of aromatic nitrogens is 1. The van der Waals surface area contributed by atoms with Gasteiger partial charge in [-0.15, -0.1) is 0 Å². The summed E-state index contributed by atoms with van der Waals surface area (Å²) < 4.78 is 104. The standard InChI is InChI=1S/C26H42N2O22P6/c1-43-17-7-5-3-4-6-10-25(30)22-19-28-16-8-9-23(28)26(27-22)21-13-11-20(12-14-21)24(29)15-18-45-52(33,34)47-54(37,38)49-56(41,42)50-55(39,40)48-53(35,36)46-51(31,32)44-2/h8-9,11-14,16,22,26-27H,3-7,10,15,17-19H2,1-2H3,(H,31,32)(H,33,34)(H,35,36)(H,37,38)(H,39,40)(H,41,42). The average molecular weight is 920 g/mol. The molecule has 1 aliphatic rings. The van der Waals surface area contributed by atoms with Crippen LogP contribution in [-0.2, 0) is 74.1 Å². The van der Waals surface area contributed by atoms with Crippen LogP contribution in [-0.4, -0.2) is 79.0 Å². The predicted octanol–water partition coefficient (Wildman–Crippen LogP) is 5.03. The lowest BCUT2D eigenvalue weighted by Crippen LogP contribution is -2.47. The molecule has 3 rings (SSSR count). The van der Waals surface area contributed by atoms with Crippen LogP contribution in [0, 0.1) is 0 Å². The van der Waals surface area contributed by atoms with Gasteiger partial charge >= 0.3 is 46.9 Å². The minimum absolute atomic E-state index is 0.0833. The van der Waals surface area contributed by atoms with Crippen molar-refractivity contribution in [2.45, 2.75) is 63.6 Å². The Balaban J connectivity index is 1.52. The van der Waals surface area contributed by atoms with Crippen LogP contribution in [0.25, 0.3) is 0 Å². The summed E-state index contributed by atoms with van der Waals surface area (Å²) in [6.07, 6.45) is 6.42. The third-order valence-electron chi connectivity index (χ3n) is 7.48. The molecular weight excluding hydrogens is 878 g/mol. The van der Waals surface area contributed by atoms with Crippen LogP contribution in [0.4, 0.5) is 0 Å². The lowest BCUT2D eigenvalue weighted by Gasteiger charge is -2.33. The normalized spacial score (nSPS) is 22.3. The Hall–Kier alpha value is -1.38. The van der Waals surface area contributed by atoms with Gasteiger partial charge < -0.3 is 38.7 Å². The molecule has 30 heteroatoms. The second-order valence-corrected chi connectivity index (χ2v) is 21.3. The Morgan fingerprint density at radius 3 is 1.75 bits per heavy atom. The molecule has 1 aliphatic heterocycles. The number of ether oxygens (including phenoxy) is 1. The summed E-state index contributed by atoms with van der Waals surface area (Å²) in [7, 11) is -33.9. The summed E-state index contributed by atoms with van der Waals surface area (Å²) in [5.41, 5.74) is 1.76. The van der Waals surface area contributed by atoms with Crippen LogP contribution in [0.15, 0.2) is 42.6 Å². The third-order valence-corrected chi connectivity index (χ3v) is 16.7. The quantitative estimate of drug-likeness (QED) is 0.0369. The van der Waals surface area contributed by atoms with Gasteiger partial charge in [0.25, 0.3) is 0 Å². The first-order valence-electron chi connectivity index (χ1n) is 16.2. The number of hydrogen-bond acceptors (Lipinski definition) is 17. The Labute approximate surface area is 320 Å². The zero-order valence-electron chi connectivity index (χ0n) is 29.6. The fourth-order valence-corrected chi connectivity index (χ4v) is 12.7. The van der Waals surface area contributed by atoms with Gasteiger partial charge in [0.05, 0.1) is 18.7 Å². The molecule has 7 N–H and O–H groups in total. The first-order valence-corrected chi connectivity index (χ1v) is 25.1. The van der Waals surface area contributed by atoms with E-state index in [1.54, 1.807) is 19.2 Å². The molecule has 0 spiro atoms. The highest BCUT2D eigenvalue weighted by molar-refractivity contribution is 7.72. The molecule has 1 aromatic carbocycles. The number of phosphoric ester groups is 2. The number of methoxy groups -OCH3 is 1. The van der Waals surface area contributed by atoms with E-state index in [0.717, 1.165) is 43.4 Å². The van der Waals surface area contributed by atoms with Crippen LogP contribution >= 0.6 is 46.9 Å². The van der Waals surface area contributed by atoms with Gasteiger partial charge in [-0.1, -0.05) is 43.5 Å². The molecule has 0 aliphatic carbocycles.